The van der Waals surface area contributed by atoms with Gasteiger partial charge < -0.3 is 9.64 Å². The van der Waals surface area contributed by atoms with Crippen LogP contribution in [0.3, 0.4) is 0 Å². The first-order chi connectivity index (χ1) is 14.4. The van der Waals surface area contributed by atoms with Gasteiger partial charge in [-0.1, -0.05) is 18.2 Å². The van der Waals surface area contributed by atoms with Crippen LogP contribution in [0.5, 0.6) is 0 Å². The Morgan fingerprint density at radius 3 is 2.47 bits per heavy atom. The smallest absolute Gasteiger partial charge is 0.337 e. The van der Waals surface area contributed by atoms with Gasteiger partial charge in [0.25, 0.3) is 0 Å². The van der Waals surface area contributed by atoms with Gasteiger partial charge >= 0.3 is 5.97 Å². The molecule has 0 fully saturated rings. The average molecular weight is 494 g/mol. The van der Waals surface area contributed by atoms with Crippen LogP contribution in [0.4, 0.5) is 5.69 Å². The van der Waals surface area contributed by atoms with Crippen molar-refractivity contribution in [2.45, 2.75) is 27.2 Å². The number of nitrogens with zero attached hydrogens (tertiary/aromatic N) is 3. The molecule has 0 aliphatic heterocycles. The summed E-state index contributed by atoms with van der Waals surface area (Å²) in [4.78, 5) is 23.1. The summed E-state index contributed by atoms with van der Waals surface area (Å²) in [5, 5.41) is 3.12. The number of aliphatic imine (C=N–C) groups is 1. The predicted octanol–water partition coefficient (Wildman–Crippen LogP) is 6.26. The van der Waals surface area contributed by atoms with Crippen LogP contribution in [0.15, 0.2) is 46.8 Å². The van der Waals surface area contributed by atoms with E-state index in [9.17, 15) is 4.79 Å². The van der Waals surface area contributed by atoms with Crippen molar-refractivity contribution >= 4 is 54.1 Å². The van der Waals surface area contributed by atoms with Gasteiger partial charge in [0.15, 0.2) is 0 Å². The molecule has 0 amide bonds. The summed E-state index contributed by atoms with van der Waals surface area (Å²) in [6.45, 7) is 7.25. The molecule has 32 heavy (non-hydrogen) atoms. The number of thiazole rings is 1. The fourth-order valence-electron chi connectivity index (χ4n) is 3.02. The van der Waals surface area contributed by atoms with E-state index < -0.39 is 0 Å². The molecular formula is C24H29Cl2N3O2S. The molecule has 0 saturated heterocycles. The Labute approximate surface area is 206 Å². The van der Waals surface area contributed by atoms with Gasteiger partial charge in [0.2, 0.25) is 0 Å². The number of hydrogen-bond acceptors (Lipinski definition) is 5. The van der Waals surface area contributed by atoms with Crippen LogP contribution in [0.2, 0.25) is 0 Å². The Morgan fingerprint density at radius 1 is 1.16 bits per heavy atom. The number of methoxy groups -OCH3 is 1. The van der Waals surface area contributed by atoms with E-state index >= 15 is 0 Å². The van der Waals surface area contributed by atoms with Gasteiger partial charge in [-0.15, -0.1) is 36.2 Å². The standard InChI is InChI=1S/C24H27N3O2S.2ClH/c1-6-27(4)15-25-21-12-16(2)20(11-17(21)3)13-23-26-22(14-30-23)18-7-9-19(10-8-18)24(28)29-5;;/h7-12,14-15H,6,13H2,1-5H3;2*1H. The number of benzene rings is 2. The zero-order valence-electron chi connectivity index (χ0n) is 18.9. The molecule has 0 bridgehead atoms. The van der Waals surface area contributed by atoms with Gasteiger partial charge in [0, 0.05) is 31.0 Å². The quantitative estimate of drug-likeness (QED) is 0.221. The molecule has 0 saturated carbocycles. The van der Waals surface area contributed by atoms with Crippen LogP contribution in [0, 0.1) is 13.8 Å². The molecule has 1 heterocycles. The lowest BCUT2D eigenvalue weighted by atomic mass is 10.0. The molecule has 172 valence electrons. The van der Waals surface area contributed by atoms with Crippen molar-refractivity contribution in [1.29, 1.82) is 0 Å². The van der Waals surface area contributed by atoms with Crippen LogP contribution in [0.25, 0.3) is 11.3 Å². The third-order valence-corrected chi connectivity index (χ3v) is 5.89. The monoisotopic (exact) mass is 493 g/mol. The first kappa shape index (κ1) is 27.6. The highest BCUT2D eigenvalue weighted by Crippen LogP contribution is 2.28. The van der Waals surface area contributed by atoms with E-state index in [0.29, 0.717) is 5.56 Å². The van der Waals surface area contributed by atoms with Crippen molar-refractivity contribution in [2.24, 2.45) is 4.99 Å². The maximum atomic E-state index is 11.6. The fraction of sp³-hybridized carbons (Fsp3) is 0.292. The normalized spacial score (nSPS) is 10.4. The van der Waals surface area contributed by atoms with Gasteiger partial charge in [-0.2, -0.15) is 0 Å². The number of hydrogen-bond donors (Lipinski definition) is 0. The molecule has 0 unspecified atom stereocenters. The molecule has 2 aromatic carbocycles. The molecule has 0 N–H and O–H groups in total. The Hall–Kier alpha value is -2.41. The predicted molar refractivity (Wildman–Crippen MR) is 139 cm³/mol. The lowest BCUT2D eigenvalue weighted by Crippen LogP contribution is -2.14. The number of carbonyl (C=O) groups excluding carboxylic acids is 1. The number of ether oxygens (including phenoxy) is 1. The van der Waals surface area contributed by atoms with Crippen LogP contribution in [-0.4, -0.2) is 42.9 Å². The van der Waals surface area contributed by atoms with Crippen LogP contribution < -0.4 is 0 Å². The van der Waals surface area contributed by atoms with E-state index in [1.807, 2.05) is 25.5 Å². The molecule has 0 aliphatic rings. The molecule has 1 aromatic heterocycles. The number of esters is 1. The van der Waals surface area contributed by atoms with E-state index in [4.69, 9.17) is 9.72 Å². The first-order valence-electron chi connectivity index (χ1n) is 9.89. The summed E-state index contributed by atoms with van der Waals surface area (Å²) in [6.07, 6.45) is 2.66. The maximum Gasteiger partial charge on any atom is 0.337 e. The summed E-state index contributed by atoms with van der Waals surface area (Å²) in [5.41, 5.74) is 7.08. The van der Waals surface area contributed by atoms with E-state index in [-0.39, 0.29) is 30.8 Å². The number of aryl methyl sites for hydroxylation is 2. The van der Waals surface area contributed by atoms with E-state index in [2.05, 4.69) is 48.2 Å². The van der Waals surface area contributed by atoms with Crippen LogP contribution in [0.1, 0.15) is 39.0 Å². The average Bonchev–Trinajstić information content (AvgIpc) is 3.22. The van der Waals surface area contributed by atoms with Crippen molar-refractivity contribution < 1.29 is 9.53 Å². The largest absolute Gasteiger partial charge is 0.465 e. The number of halogens is 2. The number of carbonyl (C=O) groups is 1. The molecule has 0 atom stereocenters. The third kappa shape index (κ3) is 6.79. The van der Waals surface area contributed by atoms with Crippen molar-refractivity contribution in [3.05, 3.63) is 69.0 Å². The van der Waals surface area contributed by atoms with Crippen molar-refractivity contribution in [3.8, 4) is 11.3 Å². The maximum absolute atomic E-state index is 11.6. The second-order valence-corrected chi connectivity index (χ2v) is 8.20. The van der Waals surface area contributed by atoms with E-state index in [1.54, 1.807) is 23.5 Å². The minimum Gasteiger partial charge on any atom is -0.465 e. The minimum atomic E-state index is -0.333. The number of rotatable bonds is 7. The second-order valence-electron chi connectivity index (χ2n) is 7.26. The van der Waals surface area contributed by atoms with Gasteiger partial charge in [-0.05, 0) is 55.7 Å². The minimum absolute atomic E-state index is 0. The summed E-state index contributed by atoms with van der Waals surface area (Å²) >= 11 is 1.65. The SMILES string of the molecule is CCN(C)C=Nc1cc(C)c(Cc2nc(-c3ccc(C(=O)OC)cc3)cs2)cc1C.Cl.Cl. The highest BCUT2D eigenvalue weighted by atomic mass is 35.5. The molecule has 5 nitrogen and oxygen atoms in total. The van der Waals surface area contributed by atoms with E-state index in [1.165, 1.54) is 18.2 Å². The van der Waals surface area contributed by atoms with Gasteiger partial charge in [-0.3, -0.25) is 0 Å². The molecule has 0 aliphatic carbocycles. The lowest BCUT2D eigenvalue weighted by molar-refractivity contribution is 0.0600. The van der Waals surface area contributed by atoms with Gasteiger partial charge in [0.05, 0.1) is 35.4 Å². The molecule has 8 heteroatoms. The molecular weight excluding hydrogens is 465 g/mol. The summed E-state index contributed by atoms with van der Waals surface area (Å²) in [7, 11) is 3.40. The topological polar surface area (TPSA) is 54.8 Å². The Kier molecular flexibility index (Phi) is 10.9. The van der Waals surface area contributed by atoms with Crippen molar-refractivity contribution in [3.63, 3.8) is 0 Å². The lowest BCUT2D eigenvalue weighted by Gasteiger charge is -2.11. The highest BCUT2D eigenvalue weighted by Gasteiger charge is 2.11. The van der Waals surface area contributed by atoms with E-state index in [0.717, 1.165) is 40.5 Å². The summed E-state index contributed by atoms with van der Waals surface area (Å²) in [5.74, 6) is -0.333. The zero-order chi connectivity index (χ0) is 21.7. The summed E-state index contributed by atoms with van der Waals surface area (Å²) in [6, 6.07) is 11.7. The molecule has 0 radical (unpaired) electrons. The molecule has 0 spiro atoms. The molecule has 3 aromatic rings. The molecule has 3 rings (SSSR count). The van der Waals surface area contributed by atoms with Crippen molar-refractivity contribution in [1.82, 2.24) is 9.88 Å². The zero-order valence-corrected chi connectivity index (χ0v) is 21.4. The summed E-state index contributed by atoms with van der Waals surface area (Å²) < 4.78 is 4.75. The fourth-order valence-corrected chi connectivity index (χ4v) is 3.84. The van der Waals surface area contributed by atoms with Crippen LogP contribution in [-0.2, 0) is 11.2 Å². The highest BCUT2D eigenvalue weighted by molar-refractivity contribution is 7.10. The second kappa shape index (κ2) is 12.6. The number of aromatic nitrogens is 1. The van der Waals surface area contributed by atoms with Crippen molar-refractivity contribution in [2.75, 3.05) is 20.7 Å². The Morgan fingerprint density at radius 2 is 1.84 bits per heavy atom. The van der Waals surface area contributed by atoms with Crippen LogP contribution >= 0.6 is 36.2 Å². The first-order valence-corrected chi connectivity index (χ1v) is 10.8. The van der Waals surface area contributed by atoms with Gasteiger partial charge in [0.1, 0.15) is 0 Å². The third-order valence-electron chi connectivity index (χ3n) is 5.04. The Bertz CT molecular complexity index is 1070. The van der Waals surface area contributed by atoms with Gasteiger partial charge in [-0.25, -0.2) is 14.8 Å². The Balaban J connectivity index is 0.00000256.